The van der Waals surface area contributed by atoms with Crippen LogP contribution < -0.4 is 0 Å². The number of carbonyl (C=O) groups excluding carboxylic acids is 1. The molecule has 6 nitrogen and oxygen atoms in total. The topological polar surface area (TPSA) is 84.6 Å². The van der Waals surface area contributed by atoms with Gasteiger partial charge in [0.25, 0.3) is 0 Å². The van der Waals surface area contributed by atoms with Gasteiger partial charge in [-0.25, -0.2) is 4.98 Å². The van der Waals surface area contributed by atoms with Crippen LogP contribution in [0.3, 0.4) is 0 Å². The van der Waals surface area contributed by atoms with Gasteiger partial charge in [-0.1, -0.05) is 38.3 Å². The second-order valence-corrected chi connectivity index (χ2v) is 6.28. The Kier molecular flexibility index (Phi) is 10.8. The van der Waals surface area contributed by atoms with E-state index in [1.165, 1.54) is 20.0 Å². The molecule has 0 bridgehead atoms. The van der Waals surface area contributed by atoms with E-state index in [1.807, 2.05) is 16.7 Å². The second kappa shape index (κ2) is 12.7. The molecule has 0 aliphatic carbocycles. The van der Waals surface area contributed by atoms with E-state index in [2.05, 4.69) is 16.6 Å². The van der Waals surface area contributed by atoms with Crippen molar-refractivity contribution in [3.8, 4) is 0 Å². The fourth-order valence-electron chi connectivity index (χ4n) is 2.71. The van der Waals surface area contributed by atoms with Crippen molar-refractivity contribution in [2.24, 2.45) is 5.92 Å². The highest BCUT2D eigenvalue weighted by molar-refractivity contribution is 5.69. The van der Waals surface area contributed by atoms with Gasteiger partial charge in [0.15, 0.2) is 0 Å². The molecule has 142 valence electrons. The van der Waals surface area contributed by atoms with Crippen LogP contribution >= 0.6 is 0 Å². The number of carbonyl (C=O) groups is 1. The maximum Gasteiger partial charge on any atom is 0.305 e. The van der Waals surface area contributed by atoms with Crippen LogP contribution in [0.2, 0.25) is 0 Å². The Morgan fingerprint density at radius 2 is 2.16 bits per heavy atom. The van der Waals surface area contributed by atoms with Gasteiger partial charge in [0.2, 0.25) is 0 Å². The fourth-order valence-corrected chi connectivity index (χ4v) is 2.71. The molecule has 0 aliphatic rings. The maximum absolute atomic E-state index is 11.0. The second-order valence-electron chi connectivity index (χ2n) is 6.28. The monoisotopic (exact) mass is 352 g/mol. The quantitative estimate of drug-likeness (QED) is 0.324. The van der Waals surface area contributed by atoms with Gasteiger partial charge in [0, 0.05) is 25.5 Å². The summed E-state index contributed by atoms with van der Waals surface area (Å²) in [6, 6.07) is 0. The average Bonchev–Trinajstić information content (AvgIpc) is 3.09. The van der Waals surface area contributed by atoms with Crippen LogP contribution in [0.4, 0.5) is 0 Å². The standard InChI is InChI=1S/C19H32N2O4/c1-3-4-5-9-12-21-15-20-13-17(21)19(24)16(14-22)10-7-6-8-11-18(23)25-2/h6-7,13,15-16,19,22,24H,3-5,8-12,14H2,1-2H3/t16-,19-/m0/s1. The van der Waals surface area contributed by atoms with Gasteiger partial charge in [-0.3, -0.25) is 4.79 Å². The molecule has 0 fully saturated rings. The molecule has 0 spiro atoms. The summed E-state index contributed by atoms with van der Waals surface area (Å²) in [4.78, 5) is 15.2. The van der Waals surface area contributed by atoms with E-state index in [0.717, 1.165) is 25.1 Å². The molecule has 2 atom stereocenters. The van der Waals surface area contributed by atoms with E-state index >= 15 is 0 Å². The number of nitrogens with zero attached hydrogens (tertiary/aromatic N) is 2. The number of esters is 1. The van der Waals surface area contributed by atoms with Crippen molar-refractivity contribution in [2.45, 2.75) is 64.5 Å². The van der Waals surface area contributed by atoms with Crippen LogP contribution in [0.25, 0.3) is 0 Å². The van der Waals surface area contributed by atoms with E-state index in [1.54, 1.807) is 12.5 Å². The minimum absolute atomic E-state index is 0.108. The van der Waals surface area contributed by atoms with Crippen molar-refractivity contribution in [1.29, 1.82) is 0 Å². The van der Waals surface area contributed by atoms with E-state index in [4.69, 9.17) is 0 Å². The zero-order valence-electron chi connectivity index (χ0n) is 15.4. The Morgan fingerprint density at radius 3 is 2.84 bits per heavy atom. The molecule has 6 heteroatoms. The number of aryl methyl sites for hydroxylation is 1. The molecule has 0 saturated carbocycles. The first-order valence-corrected chi connectivity index (χ1v) is 9.14. The lowest BCUT2D eigenvalue weighted by Crippen LogP contribution is -2.19. The zero-order valence-corrected chi connectivity index (χ0v) is 15.4. The minimum atomic E-state index is -0.760. The number of rotatable bonds is 13. The summed E-state index contributed by atoms with van der Waals surface area (Å²) < 4.78 is 6.56. The Morgan fingerprint density at radius 1 is 1.36 bits per heavy atom. The Labute approximate surface area is 150 Å². The summed E-state index contributed by atoms with van der Waals surface area (Å²) >= 11 is 0. The molecule has 0 unspecified atom stereocenters. The highest BCUT2D eigenvalue weighted by atomic mass is 16.5. The Balaban J connectivity index is 2.52. The zero-order chi connectivity index (χ0) is 18.5. The van der Waals surface area contributed by atoms with Gasteiger partial charge < -0.3 is 19.5 Å². The molecule has 1 aromatic heterocycles. The van der Waals surface area contributed by atoms with Crippen molar-refractivity contribution in [3.63, 3.8) is 0 Å². The van der Waals surface area contributed by atoms with E-state index < -0.39 is 6.10 Å². The third-order valence-electron chi connectivity index (χ3n) is 4.33. The first-order chi connectivity index (χ1) is 12.1. The van der Waals surface area contributed by atoms with Gasteiger partial charge in [0.1, 0.15) is 6.10 Å². The predicted octanol–water partition coefficient (Wildman–Crippen LogP) is 3.00. The highest BCUT2D eigenvalue weighted by Gasteiger charge is 2.22. The largest absolute Gasteiger partial charge is 0.469 e. The number of ether oxygens (including phenoxy) is 1. The summed E-state index contributed by atoms with van der Waals surface area (Å²) in [5, 5.41) is 20.2. The maximum atomic E-state index is 11.0. The highest BCUT2D eigenvalue weighted by Crippen LogP contribution is 2.25. The van der Waals surface area contributed by atoms with Crippen molar-refractivity contribution in [3.05, 3.63) is 30.4 Å². The number of hydrogen-bond donors (Lipinski definition) is 2. The minimum Gasteiger partial charge on any atom is -0.469 e. The number of imidazole rings is 1. The van der Waals surface area contributed by atoms with Gasteiger partial charge in [-0.2, -0.15) is 0 Å². The molecule has 0 amide bonds. The Hall–Kier alpha value is -1.66. The van der Waals surface area contributed by atoms with Gasteiger partial charge in [-0.05, 0) is 19.3 Å². The number of unbranched alkanes of at least 4 members (excludes halogenated alkanes) is 3. The van der Waals surface area contributed by atoms with E-state index in [-0.39, 0.29) is 18.5 Å². The number of aromatic nitrogens is 2. The third-order valence-corrected chi connectivity index (χ3v) is 4.33. The van der Waals surface area contributed by atoms with Crippen LogP contribution in [0.5, 0.6) is 0 Å². The number of methoxy groups -OCH3 is 1. The molecule has 0 radical (unpaired) electrons. The molecule has 0 aromatic carbocycles. The molecule has 1 rings (SSSR count). The average molecular weight is 352 g/mol. The number of aliphatic hydroxyl groups is 2. The van der Waals surface area contributed by atoms with Crippen molar-refractivity contribution in [1.82, 2.24) is 9.55 Å². The number of aliphatic hydroxyl groups excluding tert-OH is 2. The van der Waals surface area contributed by atoms with Crippen molar-refractivity contribution in [2.75, 3.05) is 13.7 Å². The van der Waals surface area contributed by atoms with Crippen molar-refractivity contribution < 1.29 is 19.7 Å². The van der Waals surface area contributed by atoms with E-state index in [0.29, 0.717) is 19.3 Å². The summed E-state index contributed by atoms with van der Waals surface area (Å²) in [5.41, 5.74) is 0.749. The lowest BCUT2D eigenvalue weighted by atomic mass is 9.96. The summed E-state index contributed by atoms with van der Waals surface area (Å²) in [6.45, 7) is 2.90. The molecule has 2 N–H and O–H groups in total. The first-order valence-electron chi connectivity index (χ1n) is 9.14. The normalized spacial score (nSPS) is 13.9. The lowest BCUT2D eigenvalue weighted by Gasteiger charge is -2.21. The number of hydrogen-bond acceptors (Lipinski definition) is 5. The molecule has 0 saturated heterocycles. The molecule has 1 heterocycles. The lowest BCUT2D eigenvalue weighted by molar-refractivity contribution is -0.140. The van der Waals surface area contributed by atoms with Gasteiger partial charge in [0.05, 0.1) is 25.3 Å². The smallest absolute Gasteiger partial charge is 0.305 e. The van der Waals surface area contributed by atoms with Crippen molar-refractivity contribution >= 4 is 5.97 Å². The molecule has 25 heavy (non-hydrogen) atoms. The molecular weight excluding hydrogens is 320 g/mol. The van der Waals surface area contributed by atoms with Crippen LogP contribution in [-0.4, -0.2) is 39.5 Å². The predicted molar refractivity (Wildman–Crippen MR) is 96.9 cm³/mol. The summed E-state index contributed by atoms with van der Waals surface area (Å²) in [7, 11) is 1.37. The number of allylic oxidation sites excluding steroid dienone is 2. The molecule has 0 aliphatic heterocycles. The fraction of sp³-hybridized carbons (Fsp3) is 0.684. The molecular formula is C19H32N2O4. The first kappa shape index (κ1) is 21.4. The van der Waals surface area contributed by atoms with Crippen LogP contribution in [0.15, 0.2) is 24.7 Å². The van der Waals surface area contributed by atoms with Crippen LogP contribution in [0, 0.1) is 5.92 Å². The SMILES string of the molecule is CCCCCCn1cncc1[C@@H](O)[C@H](CO)CC=CCCC(=O)OC. The van der Waals surface area contributed by atoms with Gasteiger partial charge in [-0.15, -0.1) is 0 Å². The summed E-state index contributed by atoms with van der Waals surface area (Å²) in [6.07, 6.45) is 12.5. The van der Waals surface area contributed by atoms with Crippen LogP contribution in [0.1, 0.15) is 63.7 Å². The third kappa shape index (κ3) is 7.84. The van der Waals surface area contributed by atoms with Crippen LogP contribution in [-0.2, 0) is 16.1 Å². The summed E-state index contributed by atoms with van der Waals surface area (Å²) in [5.74, 6) is -0.532. The molecule has 1 aromatic rings. The Bertz CT molecular complexity index is 513. The van der Waals surface area contributed by atoms with Gasteiger partial charge >= 0.3 is 5.97 Å². The van der Waals surface area contributed by atoms with E-state index in [9.17, 15) is 15.0 Å².